The highest BCUT2D eigenvalue weighted by Gasteiger charge is 2.19. The zero-order valence-electron chi connectivity index (χ0n) is 17.5. The molecule has 0 unspecified atom stereocenters. The second kappa shape index (κ2) is 6.78. The van der Waals surface area contributed by atoms with E-state index in [9.17, 15) is 0 Å². The molecule has 0 aliphatic heterocycles. The molecule has 0 aliphatic rings. The molecule has 6 rings (SSSR count). The largest absolute Gasteiger partial charge is 0.454 e. The Morgan fingerprint density at radius 1 is 0.806 bits per heavy atom. The summed E-state index contributed by atoms with van der Waals surface area (Å²) in [7, 11) is 2.08. The lowest BCUT2D eigenvalue weighted by molar-refractivity contribution is -0.660. The Bertz CT molecular complexity index is 1600. The van der Waals surface area contributed by atoms with Crippen molar-refractivity contribution in [3.05, 3.63) is 96.8 Å². The molecule has 0 atom stereocenters. The van der Waals surface area contributed by atoms with Gasteiger partial charge in [-0.25, -0.2) is 4.57 Å². The van der Waals surface area contributed by atoms with Crippen molar-refractivity contribution in [2.75, 3.05) is 0 Å². The molecular weight excluding hydrogens is 380 g/mol. The van der Waals surface area contributed by atoms with Gasteiger partial charge in [0, 0.05) is 34.5 Å². The van der Waals surface area contributed by atoms with Crippen molar-refractivity contribution < 1.29 is 8.98 Å². The third-order valence-electron chi connectivity index (χ3n) is 6.08. The third kappa shape index (κ3) is 2.82. The van der Waals surface area contributed by atoms with Gasteiger partial charge >= 0.3 is 0 Å². The lowest BCUT2D eigenvalue weighted by atomic mass is 9.99. The van der Waals surface area contributed by atoms with Crippen LogP contribution in [-0.4, -0.2) is 4.98 Å². The maximum atomic E-state index is 6.37. The van der Waals surface area contributed by atoms with Gasteiger partial charge in [-0.2, -0.15) is 0 Å². The van der Waals surface area contributed by atoms with E-state index in [1.807, 2.05) is 24.4 Å². The van der Waals surface area contributed by atoms with Gasteiger partial charge in [0.1, 0.15) is 18.1 Å². The highest BCUT2D eigenvalue weighted by molar-refractivity contribution is 6.13. The summed E-state index contributed by atoms with van der Waals surface area (Å²) in [6.45, 7) is 2.16. The molecule has 3 nitrogen and oxygen atoms in total. The number of aromatic nitrogens is 2. The molecule has 0 fully saturated rings. The molecular formula is C28H21N2O+. The molecule has 0 saturated heterocycles. The SMILES string of the molecule is Cc1cc2c(cc1-c1cc(-c3ccccc3)cc[n+]1C)oc1c3ccccc3cnc21. The van der Waals surface area contributed by atoms with Crippen molar-refractivity contribution in [1.82, 2.24) is 4.98 Å². The number of aryl methyl sites for hydroxylation is 2. The van der Waals surface area contributed by atoms with Gasteiger partial charge in [0.25, 0.3) is 0 Å². The summed E-state index contributed by atoms with van der Waals surface area (Å²) >= 11 is 0. The van der Waals surface area contributed by atoms with Gasteiger partial charge < -0.3 is 4.42 Å². The van der Waals surface area contributed by atoms with Gasteiger partial charge in [0.05, 0.1) is 5.56 Å². The van der Waals surface area contributed by atoms with E-state index in [0.29, 0.717) is 0 Å². The van der Waals surface area contributed by atoms with Crippen LogP contribution in [0.4, 0.5) is 0 Å². The van der Waals surface area contributed by atoms with Crippen LogP contribution in [0, 0.1) is 6.92 Å². The number of hydrogen-bond donors (Lipinski definition) is 0. The summed E-state index contributed by atoms with van der Waals surface area (Å²) in [5, 5.41) is 3.25. The second-order valence-corrected chi connectivity index (χ2v) is 8.07. The molecule has 0 amide bonds. The van der Waals surface area contributed by atoms with E-state index in [4.69, 9.17) is 9.40 Å². The van der Waals surface area contributed by atoms with Crippen molar-refractivity contribution in [2.24, 2.45) is 7.05 Å². The number of pyridine rings is 2. The molecule has 0 bridgehead atoms. The van der Waals surface area contributed by atoms with Crippen LogP contribution in [0.25, 0.3) is 55.2 Å². The van der Waals surface area contributed by atoms with Gasteiger partial charge in [0.2, 0.25) is 5.69 Å². The normalized spacial score (nSPS) is 11.5. The van der Waals surface area contributed by atoms with E-state index in [1.54, 1.807) is 0 Å². The van der Waals surface area contributed by atoms with E-state index < -0.39 is 0 Å². The van der Waals surface area contributed by atoms with Crippen LogP contribution in [0.15, 0.2) is 95.7 Å². The maximum Gasteiger partial charge on any atom is 0.213 e. The van der Waals surface area contributed by atoms with Crippen LogP contribution in [0.1, 0.15) is 5.56 Å². The minimum atomic E-state index is 0.854. The molecule has 0 N–H and O–H groups in total. The zero-order chi connectivity index (χ0) is 20.9. The Morgan fingerprint density at radius 2 is 1.61 bits per heavy atom. The van der Waals surface area contributed by atoms with Crippen molar-refractivity contribution in [1.29, 1.82) is 0 Å². The van der Waals surface area contributed by atoms with Crippen LogP contribution >= 0.6 is 0 Å². The number of fused-ring (bicyclic) bond motifs is 5. The fourth-order valence-electron chi connectivity index (χ4n) is 4.42. The number of benzene rings is 3. The first-order chi connectivity index (χ1) is 15.2. The van der Waals surface area contributed by atoms with E-state index in [-0.39, 0.29) is 0 Å². The Labute approximate surface area is 180 Å². The number of furan rings is 1. The Kier molecular flexibility index (Phi) is 3.90. The third-order valence-corrected chi connectivity index (χ3v) is 6.08. The quantitative estimate of drug-likeness (QED) is 0.306. The van der Waals surface area contributed by atoms with Gasteiger partial charge in [0.15, 0.2) is 11.8 Å². The van der Waals surface area contributed by atoms with Crippen molar-refractivity contribution in [3.8, 4) is 22.4 Å². The topological polar surface area (TPSA) is 29.9 Å². The predicted molar refractivity (Wildman–Crippen MR) is 126 cm³/mol. The van der Waals surface area contributed by atoms with Crippen molar-refractivity contribution in [2.45, 2.75) is 6.92 Å². The molecule has 31 heavy (non-hydrogen) atoms. The number of nitrogens with zero attached hydrogens (tertiary/aromatic N) is 2. The van der Waals surface area contributed by atoms with E-state index in [2.05, 4.69) is 85.4 Å². The summed E-state index contributed by atoms with van der Waals surface area (Å²) in [6.07, 6.45) is 4.05. The predicted octanol–water partition coefficient (Wildman–Crippen LogP) is 6.60. The van der Waals surface area contributed by atoms with E-state index in [0.717, 1.165) is 44.1 Å². The molecule has 148 valence electrons. The smallest absolute Gasteiger partial charge is 0.213 e. The van der Waals surface area contributed by atoms with Crippen LogP contribution in [0.2, 0.25) is 0 Å². The maximum absolute atomic E-state index is 6.37. The Morgan fingerprint density at radius 3 is 2.48 bits per heavy atom. The highest BCUT2D eigenvalue weighted by Crippen LogP contribution is 2.36. The first-order valence-corrected chi connectivity index (χ1v) is 10.4. The minimum absolute atomic E-state index is 0.854. The summed E-state index contributed by atoms with van der Waals surface area (Å²) in [5.74, 6) is 0. The van der Waals surface area contributed by atoms with Gasteiger partial charge in [-0.15, -0.1) is 0 Å². The lowest BCUT2D eigenvalue weighted by Crippen LogP contribution is -2.30. The standard InChI is InChI=1S/C28H21N2O/c1-18-14-24-26(31-28-22-11-7-6-10-21(22)17-29-27(24)28)16-23(18)25-15-20(12-13-30(25)2)19-8-4-3-5-9-19/h3-17H,1-2H3/q+1. The van der Waals surface area contributed by atoms with Crippen LogP contribution in [-0.2, 0) is 7.05 Å². The molecule has 6 aromatic rings. The van der Waals surface area contributed by atoms with E-state index >= 15 is 0 Å². The fraction of sp³-hybridized carbons (Fsp3) is 0.0714. The molecule has 0 saturated carbocycles. The molecule has 3 heteroatoms. The number of hydrogen-bond acceptors (Lipinski definition) is 2. The molecule has 0 radical (unpaired) electrons. The Hall–Kier alpha value is -3.98. The van der Waals surface area contributed by atoms with Gasteiger partial charge in [-0.05, 0) is 35.7 Å². The number of rotatable bonds is 2. The van der Waals surface area contributed by atoms with E-state index in [1.165, 1.54) is 16.7 Å². The first kappa shape index (κ1) is 17.8. The summed E-state index contributed by atoms with van der Waals surface area (Å²) < 4.78 is 8.53. The average Bonchev–Trinajstić information content (AvgIpc) is 3.17. The van der Waals surface area contributed by atoms with Crippen LogP contribution in [0.5, 0.6) is 0 Å². The second-order valence-electron chi connectivity index (χ2n) is 8.07. The molecule has 3 heterocycles. The Balaban J connectivity index is 1.59. The first-order valence-electron chi connectivity index (χ1n) is 10.4. The monoisotopic (exact) mass is 401 g/mol. The van der Waals surface area contributed by atoms with Gasteiger partial charge in [-0.1, -0.05) is 54.6 Å². The molecule has 0 aliphatic carbocycles. The van der Waals surface area contributed by atoms with Crippen LogP contribution in [0.3, 0.4) is 0 Å². The van der Waals surface area contributed by atoms with Gasteiger partial charge in [-0.3, -0.25) is 4.98 Å². The zero-order valence-corrected chi connectivity index (χ0v) is 17.5. The van der Waals surface area contributed by atoms with Crippen LogP contribution < -0.4 is 4.57 Å². The average molecular weight is 401 g/mol. The lowest BCUT2D eigenvalue weighted by Gasteiger charge is -2.07. The minimum Gasteiger partial charge on any atom is -0.454 e. The highest BCUT2D eigenvalue weighted by atomic mass is 16.3. The van der Waals surface area contributed by atoms with Crippen molar-refractivity contribution in [3.63, 3.8) is 0 Å². The van der Waals surface area contributed by atoms with Crippen molar-refractivity contribution >= 4 is 32.8 Å². The summed E-state index contributed by atoms with van der Waals surface area (Å²) in [6, 6.07) is 27.5. The summed E-state index contributed by atoms with van der Waals surface area (Å²) in [5.41, 5.74) is 8.57. The molecule has 3 aromatic heterocycles. The fourth-order valence-corrected chi connectivity index (χ4v) is 4.42. The molecule has 0 spiro atoms. The molecule has 3 aromatic carbocycles. The summed E-state index contributed by atoms with van der Waals surface area (Å²) in [4.78, 5) is 4.71.